The number of ketones is 1. The number of rotatable bonds is 5. The molecule has 7 heteroatoms. The summed E-state index contributed by atoms with van der Waals surface area (Å²) in [5.74, 6) is -1.06. The number of hydrogen-bond acceptors (Lipinski definition) is 6. The van der Waals surface area contributed by atoms with E-state index in [0.29, 0.717) is 17.0 Å². The topological polar surface area (TPSA) is 96.3 Å². The van der Waals surface area contributed by atoms with Gasteiger partial charge >= 0.3 is 0 Å². The van der Waals surface area contributed by atoms with Crippen molar-refractivity contribution >= 4 is 17.4 Å². The first-order chi connectivity index (χ1) is 12.9. The molecule has 0 unspecified atom stereocenters. The molecule has 140 valence electrons. The van der Waals surface area contributed by atoms with E-state index >= 15 is 0 Å². The Hall–Kier alpha value is -3.48. The van der Waals surface area contributed by atoms with Gasteiger partial charge in [0, 0.05) is 11.8 Å². The lowest BCUT2D eigenvalue weighted by molar-refractivity contribution is -0.117. The maximum Gasteiger partial charge on any atom is 0.294 e. The second kappa shape index (κ2) is 7.03. The third-order valence-corrected chi connectivity index (χ3v) is 4.44. The summed E-state index contributed by atoms with van der Waals surface area (Å²) >= 11 is 0. The highest BCUT2D eigenvalue weighted by molar-refractivity contribution is 6.16. The fourth-order valence-electron chi connectivity index (χ4n) is 3.17. The molecule has 1 amide bonds. The number of amides is 1. The minimum absolute atomic E-state index is 0.0180. The first kappa shape index (κ1) is 18.3. The van der Waals surface area contributed by atoms with Crippen LogP contribution in [0.2, 0.25) is 0 Å². The largest absolute Gasteiger partial charge is 0.504 e. The van der Waals surface area contributed by atoms with Gasteiger partial charge < -0.3 is 19.7 Å². The SMILES string of the molecule is COc1cccc(N2C(=O)C(O)=C(C(C)=O)[C@H]2c2ccc(O)c(OC)c2)c1. The van der Waals surface area contributed by atoms with E-state index in [-0.39, 0.29) is 17.1 Å². The Morgan fingerprint density at radius 3 is 2.44 bits per heavy atom. The van der Waals surface area contributed by atoms with Crippen LogP contribution in [0, 0.1) is 0 Å². The van der Waals surface area contributed by atoms with E-state index in [1.165, 1.54) is 38.2 Å². The lowest BCUT2D eigenvalue weighted by Gasteiger charge is -2.27. The highest BCUT2D eigenvalue weighted by Gasteiger charge is 2.43. The molecule has 7 nitrogen and oxygen atoms in total. The van der Waals surface area contributed by atoms with Crippen LogP contribution in [0.25, 0.3) is 0 Å². The van der Waals surface area contributed by atoms with E-state index < -0.39 is 23.5 Å². The van der Waals surface area contributed by atoms with E-state index in [1.807, 2.05) is 0 Å². The Kier molecular flexibility index (Phi) is 4.77. The Morgan fingerprint density at radius 1 is 1.07 bits per heavy atom. The van der Waals surface area contributed by atoms with Gasteiger partial charge in [-0.2, -0.15) is 0 Å². The zero-order chi connectivity index (χ0) is 19.7. The summed E-state index contributed by atoms with van der Waals surface area (Å²) in [6, 6.07) is 10.4. The molecule has 3 rings (SSSR count). The fourth-order valence-corrected chi connectivity index (χ4v) is 3.17. The summed E-state index contributed by atoms with van der Waals surface area (Å²) in [5, 5.41) is 20.2. The van der Waals surface area contributed by atoms with Crippen LogP contribution in [0.3, 0.4) is 0 Å². The third-order valence-electron chi connectivity index (χ3n) is 4.44. The molecule has 0 radical (unpaired) electrons. The monoisotopic (exact) mass is 369 g/mol. The first-order valence-electron chi connectivity index (χ1n) is 8.17. The number of hydrogen-bond donors (Lipinski definition) is 2. The van der Waals surface area contributed by atoms with Gasteiger partial charge in [-0.05, 0) is 36.8 Å². The van der Waals surface area contributed by atoms with Crippen molar-refractivity contribution in [1.29, 1.82) is 0 Å². The predicted octanol–water partition coefficient (Wildman–Crippen LogP) is 2.90. The van der Waals surface area contributed by atoms with Crippen LogP contribution in [0.1, 0.15) is 18.5 Å². The van der Waals surface area contributed by atoms with E-state index in [0.717, 1.165) is 0 Å². The molecule has 27 heavy (non-hydrogen) atoms. The molecular weight excluding hydrogens is 350 g/mol. The number of aliphatic hydroxyl groups is 1. The van der Waals surface area contributed by atoms with Gasteiger partial charge in [-0.1, -0.05) is 12.1 Å². The molecule has 2 aromatic rings. The van der Waals surface area contributed by atoms with E-state index in [4.69, 9.17) is 9.47 Å². The number of anilines is 1. The van der Waals surface area contributed by atoms with E-state index in [9.17, 15) is 19.8 Å². The number of phenolic OH excluding ortho intramolecular Hbond substituents is 1. The molecule has 0 saturated carbocycles. The number of aliphatic hydroxyl groups excluding tert-OH is 1. The maximum absolute atomic E-state index is 12.8. The standard InChI is InChI=1S/C20H19NO6/c1-11(22)17-18(12-7-8-15(23)16(9-12)27-3)21(20(25)19(17)24)13-5-4-6-14(10-13)26-2/h4-10,18,23-24H,1-3H3/t18-/m1/s1. The highest BCUT2D eigenvalue weighted by Crippen LogP contribution is 2.43. The lowest BCUT2D eigenvalue weighted by atomic mass is 9.96. The molecule has 1 aliphatic heterocycles. The van der Waals surface area contributed by atoms with Crippen molar-refractivity contribution in [2.75, 3.05) is 19.1 Å². The molecule has 0 saturated heterocycles. The number of nitrogens with zero attached hydrogens (tertiary/aromatic N) is 1. The van der Waals surface area contributed by atoms with Crippen LogP contribution in [-0.4, -0.2) is 36.1 Å². The van der Waals surface area contributed by atoms with Gasteiger partial charge in [-0.25, -0.2) is 0 Å². The molecule has 0 spiro atoms. The number of carbonyl (C=O) groups excluding carboxylic acids is 2. The number of Topliss-reactive ketones (excluding diaryl/α,β-unsaturated/α-hetero) is 1. The maximum atomic E-state index is 12.8. The Bertz CT molecular complexity index is 949. The Balaban J connectivity index is 2.20. The minimum Gasteiger partial charge on any atom is -0.504 e. The number of phenols is 1. The van der Waals surface area contributed by atoms with Crippen LogP contribution >= 0.6 is 0 Å². The lowest BCUT2D eigenvalue weighted by Crippen LogP contribution is -2.30. The number of carbonyl (C=O) groups is 2. The Morgan fingerprint density at radius 2 is 1.81 bits per heavy atom. The van der Waals surface area contributed by atoms with Crippen molar-refractivity contribution < 1.29 is 29.3 Å². The second-order valence-electron chi connectivity index (χ2n) is 6.03. The van der Waals surface area contributed by atoms with Crippen molar-refractivity contribution in [3.05, 3.63) is 59.4 Å². The van der Waals surface area contributed by atoms with Crippen LogP contribution in [-0.2, 0) is 9.59 Å². The summed E-state index contributed by atoms with van der Waals surface area (Å²) in [4.78, 5) is 26.3. The zero-order valence-corrected chi connectivity index (χ0v) is 15.1. The fraction of sp³-hybridized carbons (Fsp3) is 0.200. The molecule has 2 aromatic carbocycles. The summed E-state index contributed by atoms with van der Waals surface area (Å²) < 4.78 is 10.3. The summed E-state index contributed by atoms with van der Waals surface area (Å²) in [6.45, 7) is 1.29. The van der Waals surface area contributed by atoms with Crippen LogP contribution in [0.4, 0.5) is 5.69 Å². The van der Waals surface area contributed by atoms with E-state index in [2.05, 4.69) is 0 Å². The van der Waals surface area contributed by atoms with E-state index in [1.54, 1.807) is 30.3 Å². The third kappa shape index (κ3) is 3.08. The van der Waals surface area contributed by atoms with Crippen molar-refractivity contribution in [2.24, 2.45) is 0 Å². The minimum atomic E-state index is -0.864. The molecule has 0 aromatic heterocycles. The molecule has 1 aliphatic rings. The first-order valence-corrected chi connectivity index (χ1v) is 8.17. The molecule has 2 N–H and O–H groups in total. The van der Waals surface area contributed by atoms with Gasteiger partial charge in [0.05, 0.1) is 25.8 Å². The van der Waals surface area contributed by atoms with Gasteiger partial charge in [0.25, 0.3) is 5.91 Å². The van der Waals surface area contributed by atoms with Crippen LogP contribution in [0.15, 0.2) is 53.8 Å². The molecule has 0 aliphatic carbocycles. The van der Waals surface area contributed by atoms with Gasteiger partial charge in [-0.3, -0.25) is 14.5 Å². The number of ether oxygens (including phenoxy) is 2. The molecular formula is C20H19NO6. The van der Waals surface area contributed by atoms with Crippen molar-refractivity contribution in [2.45, 2.75) is 13.0 Å². The van der Waals surface area contributed by atoms with Gasteiger partial charge in [0.15, 0.2) is 23.0 Å². The summed E-state index contributed by atoms with van der Waals surface area (Å²) in [7, 11) is 2.90. The van der Waals surface area contributed by atoms with Crippen molar-refractivity contribution in [3.8, 4) is 17.2 Å². The summed E-state index contributed by atoms with van der Waals surface area (Å²) in [5.41, 5.74) is 0.949. The number of aromatic hydroxyl groups is 1. The highest BCUT2D eigenvalue weighted by atomic mass is 16.5. The molecule has 0 fully saturated rings. The molecule has 0 bridgehead atoms. The van der Waals surface area contributed by atoms with Crippen LogP contribution < -0.4 is 14.4 Å². The quantitative estimate of drug-likeness (QED) is 0.841. The van der Waals surface area contributed by atoms with Gasteiger partial charge in [0.1, 0.15) is 5.75 Å². The average Bonchev–Trinajstić information content (AvgIpc) is 2.93. The normalized spacial score (nSPS) is 16.6. The van der Waals surface area contributed by atoms with Gasteiger partial charge in [0.2, 0.25) is 0 Å². The number of methoxy groups -OCH3 is 2. The van der Waals surface area contributed by atoms with Gasteiger partial charge in [-0.15, -0.1) is 0 Å². The number of benzene rings is 2. The molecule has 1 heterocycles. The van der Waals surface area contributed by atoms with Crippen LogP contribution in [0.5, 0.6) is 17.2 Å². The van der Waals surface area contributed by atoms with Crippen molar-refractivity contribution in [3.63, 3.8) is 0 Å². The second-order valence-corrected chi connectivity index (χ2v) is 6.03. The zero-order valence-electron chi connectivity index (χ0n) is 15.1. The predicted molar refractivity (Wildman–Crippen MR) is 98.2 cm³/mol. The summed E-state index contributed by atoms with van der Waals surface area (Å²) in [6.07, 6.45) is 0. The molecule has 1 atom stereocenters. The average molecular weight is 369 g/mol. The van der Waals surface area contributed by atoms with Crippen molar-refractivity contribution in [1.82, 2.24) is 0 Å². The Labute approximate surface area is 156 Å². The smallest absolute Gasteiger partial charge is 0.294 e.